The van der Waals surface area contributed by atoms with Crippen LogP contribution in [0.1, 0.15) is 37.7 Å². The van der Waals surface area contributed by atoms with Crippen molar-refractivity contribution in [3.63, 3.8) is 0 Å². The van der Waals surface area contributed by atoms with Crippen molar-refractivity contribution in [2.45, 2.75) is 38.2 Å². The van der Waals surface area contributed by atoms with Crippen LogP contribution in [0.15, 0.2) is 18.3 Å². The summed E-state index contributed by atoms with van der Waals surface area (Å²) in [7, 11) is 0. The second kappa shape index (κ2) is 4.23. The van der Waals surface area contributed by atoms with Crippen molar-refractivity contribution in [3.8, 4) is 11.9 Å². The second-order valence-corrected chi connectivity index (χ2v) is 6.48. The zero-order valence-corrected chi connectivity index (χ0v) is 11.0. The molecular formula is C16H18N2O. The molecule has 1 heterocycles. The van der Waals surface area contributed by atoms with Crippen LogP contribution in [-0.4, -0.2) is 11.1 Å². The third-order valence-electron chi connectivity index (χ3n) is 5.28. The van der Waals surface area contributed by atoms with Gasteiger partial charge in [0.05, 0.1) is 0 Å². The maximum absolute atomic E-state index is 9.13. The van der Waals surface area contributed by atoms with Crippen LogP contribution in [0.2, 0.25) is 0 Å². The van der Waals surface area contributed by atoms with Gasteiger partial charge in [0.1, 0.15) is 17.7 Å². The number of hydrogen-bond acceptors (Lipinski definition) is 3. The molecule has 5 rings (SSSR count). The van der Waals surface area contributed by atoms with E-state index in [9.17, 15) is 0 Å². The monoisotopic (exact) mass is 254 g/mol. The van der Waals surface area contributed by atoms with E-state index in [1.54, 1.807) is 18.3 Å². The van der Waals surface area contributed by atoms with Crippen molar-refractivity contribution in [2.75, 3.05) is 0 Å². The van der Waals surface area contributed by atoms with E-state index in [1.165, 1.54) is 32.1 Å². The van der Waals surface area contributed by atoms with E-state index in [-0.39, 0.29) is 0 Å². The van der Waals surface area contributed by atoms with Gasteiger partial charge in [-0.3, -0.25) is 0 Å². The molecule has 0 amide bonds. The number of aromatic nitrogens is 1. The normalized spacial score (nSPS) is 39.0. The summed E-state index contributed by atoms with van der Waals surface area (Å²) in [4.78, 5) is 4.26. The van der Waals surface area contributed by atoms with Crippen molar-refractivity contribution < 1.29 is 4.74 Å². The highest BCUT2D eigenvalue weighted by molar-refractivity contribution is 5.37. The first-order chi connectivity index (χ1) is 9.33. The van der Waals surface area contributed by atoms with Gasteiger partial charge in [-0.05, 0) is 67.9 Å². The number of ether oxygens (including phenoxy) is 1. The molecular weight excluding hydrogens is 236 g/mol. The van der Waals surface area contributed by atoms with Gasteiger partial charge in [-0.25, -0.2) is 4.98 Å². The molecule has 0 N–H and O–H groups in total. The summed E-state index contributed by atoms with van der Waals surface area (Å²) >= 11 is 0. The molecule has 0 radical (unpaired) electrons. The Morgan fingerprint density at radius 3 is 2.42 bits per heavy atom. The molecule has 4 bridgehead atoms. The van der Waals surface area contributed by atoms with Gasteiger partial charge in [0.2, 0.25) is 5.88 Å². The molecule has 0 saturated heterocycles. The molecule has 1 aromatic rings. The first-order valence-electron chi connectivity index (χ1n) is 7.35. The molecule has 0 aliphatic heterocycles. The highest BCUT2D eigenvalue weighted by atomic mass is 16.5. The molecule has 98 valence electrons. The summed E-state index contributed by atoms with van der Waals surface area (Å²) in [5.74, 6) is 3.83. The van der Waals surface area contributed by atoms with E-state index in [4.69, 9.17) is 10.00 Å². The summed E-state index contributed by atoms with van der Waals surface area (Å²) in [6, 6.07) is 5.76. The average Bonchev–Trinajstić information content (AvgIpc) is 2.42. The fourth-order valence-electron chi connectivity index (χ4n) is 4.77. The van der Waals surface area contributed by atoms with E-state index < -0.39 is 0 Å². The number of nitrogens with zero attached hydrogens (tertiary/aromatic N) is 2. The minimum atomic E-state index is 0.301. The minimum Gasteiger partial charge on any atom is -0.473 e. The summed E-state index contributed by atoms with van der Waals surface area (Å²) in [6.45, 7) is 0. The van der Waals surface area contributed by atoms with Gasteiger partial charge >= 0.3 is 0 Å². The van der Waals surface area contributed by atoms with Gasteiger partial charge in [0.25, 0.3) is 0 Å². The third kappa shape index (κ3) is 1.82. The first-order valence-corrected chi connectivity index (χ1v) is 7.35. The standard InChI is InChI=1S/C16H18N2O/c17-9-12-2-1-3-18-16(12)19-15-13-5-10-4-11(7-13)8-14(15)6-10/h1-3,10-11,13-15H,4-8H2. The molecule has 19 heavy (non-hydrogen) atoms. The molecule has 0 aromatic carbocycles. The quantitative estimate of drug-likeness (QED) is 0.814. The lowest BCUT2D eigenvalue weighted by molar-refractivity contribution is -0.0806. The van der Waals surface area contributed by atoms with Crippen LogP contribution in [0.25, 0.3) is 0 Å². The summed E-state index contributed by atoms with van der Waals surface area (Å²) in [6.07, 6.45) is 8.77. The highest BCUT2D eigenvalue weighted by Crippen LogP contribution is 2.54. The fourth-order valence-corrected chi connectivity index (χ4v) is 4.77. The number of pyridine rings is 1. The van der Waals surface area contributed by atoms with Crippen LogP contribution in [0.3, 0.4) is 0 Å². The number of nitriles is 1. The maximum atomic E-state index is 9.13. The summed E-state index contributed by atoms with van der Waals surface area (Å²) in [5, 5.41) is 9.13. The molecule has 4 saturated carbocycles. The smallest absolute Gasteiger partial charge is 0.231 e. The Labute approximate surface area is 113 Å². The summed E-state index contributed by atoms with van der Waals surface area (Å²) < 4.78 is 6.18. The Kier molecular flexibility index (Phi) is 2.51. The van der Waals surface area contributed by atoms with Crippen molar-refractivity contribution in [2.24, 2.45) is 23.7 Å². The second-order valence-electron chi connectivity index (χ2n) is 6.48. The average molecular weight is 254 g/mol. The predicted molar refractivity (Wildman–Crippen MR) is 70.4 cm³/mol. The molecule has 4 aliphatic rings. The minimum absolute atomic E-state index is 0.301. The van der Waals surface area contributed by atoms with Gasteiger partial charge in [-0.15, -0.1) is 0 Å². The molecule has 4 aliphatic carbocycles. The van der Waals surface area contributed by atoms with Crippen LogP contribution >= 0.6 is 0 Å². The first kappa shape index (κ1) is 11.3. The van der Waals surface area contributed by atoms with Gasteiger partial charge in [-0.2, -0.15) is 5.26 Å². The Hall–Kier alpha value is -1.56. The zero-order chi connectivity index (χ0) is 12.8. The Morgan fingerprint density at radius 1 is 1.11 bits per heavy atom. The van der Waals surface area contributed by atoms with Crippen LogP contribution < -0.4 is 4.74 Å². The van der Waals surface area contributed by atoms with E-state index in [0.29, 0.717) is 29.4 Å². The molecule has 3 nitrogen and oxygen atoms in total. The molecule has 0 unspecified atom stereocenters. The van der Waals surface area contributed by atoms with E-state index >= 15 is 0 Å². The van der Waals surface area contributed by atoms with Crippen molar-refractivity contribution >= 4 is 0 Å². The van der Waals surface area contributed by atoms with E-state index in [0.717, 1.165) is 11.8 Å². The SMILES string of the molecule is N#Cc1cccnc1OC1C2CC3CC(C2)CC1C3. The molecule has 4 fully saturated rings. The molecule has 0 atom stereocenters. The fraction of sp³-hybridized carbons (Fsp3) is 0.625. The lowest BCUT2D eigenvalue weighted by Gasteiger charge is -2.53. The lowest BCUT2D eigenvalue weighted by atomic mass is 9.55. The topological polar surface area (TPSA) is 45.9 Å². The Balaban J connectivity index is 1.59. The number of hydrogen-bond donors (Lipinski definition) is 0. The van der Waals surface area contributed by atoms with Crippen LogP contribution in [0.5, 0.6) is 5.88 Å². The van der Waals surface area contributed by atoms with Crippen LogP contribution in [0, 0.1) is 35.0 Å². The van der Waals surface area contributed by atoms with Crippen molar-refractivity contribution in [1.29, 1.82) is 5.26 Å². The lowest BCUT2D eigenvalue weighted by Crippen LogP contribution is -2.50. The Bertz CT molecular complexity index is 506. The molecule has 3 heteroatoms. The van der Waals surface area contributed by atoms with Gasteiger partial charge in [0, 0.05) is 6.20 Å². The molecule has 0 spiro atoms. The van der Waals surface area contributed by atoms with E-state index in [2.05, 4.69) is 11.1 Å². The maximum Gasteiger partial charge on any atom is 0.231 e. The highest BCUT2D eigenvalue weighted by Gasteiger charge is 2.49. The summed E-state index contributed by atoms with van der Waals surface area (Å²) in [5.41, 5.74) is 0.566. The van der Waals surface area contributed by atoms with Gasteiger partial charge in [0.15, 0.2) is 0 Å². The van der Waals surface area contributed by atoms with Crippen molar-refractivity contribution in [3.05, 3.63) is 23.9 Å². The van der Waals surface area contributed by atoms with Crippen LogP contribution in [0.4, 0.5) is 0 Å². The largest absolute Gasteiger partial charge is 0.473 e. The van der Waals surface area contributed by atoms with Gasteiger partial charge < -0.3 is 4.74 Å². The number of rotatable bonds is 2. The van der Waals surface area contributed by atoms with Crippen molar-refractivity contribution in [1.82, 2.24) is 4.98 Å². The predicted octanol–water partition coefficient (Wildman–Crippen LogP) is 3.16. The van der Waals surface area contributed by atoms with E-state index in [1.807, 2.05) is 0 Å². The Morgan fingerprint density at radius 2 is 1.79 bits per heavy atom. The third-order valence-corrected chi connectivity index (χ3v) is 5.28. The zero-order valence-electron chi connectivity index (χ0n) is 11.0. The molecule has 1 aromatic heterocycles. The van der Waals surface area contributed by atoms with Crippen LogP contribution in [-0.2, 0) is 0 Å². The van der Waals surface area contributed by atoms with Gasteiger partial charge in [-0.1, -0.05) is 0 Å².